The molecule has 0 bridgehead atoms. The first-order valence-electron chi connectivity index (χ1n) is 10.3. The Balaban J connectivity index is 1.56. The van der Waals surface area contributed by atoms with Crippen LogP contribution in [0.4, 0.5) is 5.82 Å². The summed E-state index contributed by atoms with van der Waals surface area (Å²) in [7, 11) is -1.24. The van der Waals surface area contributed by atoms with Gasteiger partial charge in [-0.05, 0) is 43.1 Å². The fraction of sp³-hybridized carbons (Fsp3) is 0.304. The minimum absolute atomic E-state index is 0.370. The Morgan fingerprint density at radius 3 is 2.33 bits per heavy atom. The van der Waals surface area contributed by atoms with E-state index in [1.807, 2.05) is 28.8 Å². The van der Waals surface area contributed by atoms with Crippen molar-refractivity contribution in [3.05, 3.63) is 59.7 Å². The fourth-order valence-electron chi connectivity index (χ4n) is 4.34. The molecular weight excluding hydrogens is 394 g/mol. The molecular formula is C23H25N5OS. The van der Waals surface area contributed by atoms with Gasteiger partial charge in [-0.3, -0.25) is 9.11 Å². The molecule has 0 saturated carbocycles. The lowest BCUT2D eigenvalue weighted by Crippen LogP contribution is -2.18. The van der Waals surface area contributed by atoms with E-state index >= 15 is 0 Å². The number of rotatable bonds is 5. The zero-order chi connectivity index (χ0) is 20.7. The fourth-order valence-corrected chi connectivity index (χ4v) is 5.02. The SMILES string of the molecule is CS(=O)c1nc2c(N)nc3ccccc3c2n1Cc1ccc(CN2CCCC2)cc1. The lowest BCUT2D eigenvalue weighted by molar-refractivity contribution is 0.331. The number of hydrogen-bond acceptors (Lipinski definition) is 5. The number of aromatic nitrogens is 3. The van der Waals surface area contributed by atoms with E-state index < -0.39 is 10.8 Å². The van der Waals surface area contributed by atoms with Crippen LogP contribution in [0.15, 0.2) is 53.7 Å². The van der Waals surface area contributed by atoms with Crippen molar-refractivity contribution < 1.29 is 4.21 Å². The summed E-state index contributed by atoms with van der Waals surface area (Å²) in [6.45, 7) is 3.97. The molecule has 1 aliphatic heterocycles. The Labute approximate surface area is 178 Å². The Morgan fingerprint density at radius 2 is 1.63 bits per heavy atom. The summed E-state index contributed by atoms with van der Waals surface area (Å²) in [4.78, 5) is 11.6. The highest BCUT2D eigenvalue weighted by molar-refractivity contribution is 7.84. The molecule has 3 heterocycles. The summed E-state index contributed by atoms with van der Waals surface area (Å²) in [6.07, 6.45) is 4.26. The van der Waals surface area contributed by atoms with Gasteiger partial charge in [0, 0.05) is 18.2 Å². The van der Waals surface area contributed by atoms with Crippen molar-refractivity contribution in [3.63, 3.8) is 0 Å². The molecule has 0 amide bonds. The average molecular weight is 420 g/mol. The van der Waals surface area contributed by atoms with E-state index in [0.29, 0.717) is 23.0 Å². The van der Waals surface area contributed by atoms with Gasteiger partial charge < -0.3 is 10.3 Å². The van der Waals surface area contributed by atoms with Crippen LogP contribution in [0.3, 0.4) is 0 Å². The van der Waals surface area contributed by atoms with E-state index in [9.17, 15) is 4.21 Å². The molecule has 2 aromatic heterocycles. The minimum Gasteiger partial charge on any atom is -0.382 e. The molecule has 154 valence electrons. The molecule has 4 aromatic rings. The third-order valence-electron chi connectivity index (χ3n) is 5.80. The van der Waals surface area contributed by atoms with Crippen molar-refractivity contribution >= 4 is 38.6 Å². The number of benzene rings is 2. The highest BCUT2D eigenvalue weighted by Gasteiger charge is 2.19. The lowest BCUT2D eigenvalue weighted by atomic mass is 10.1. The summed E-state index contributed by atoms with van der Waals surface area (Å²) >= 11 is 0. The van der Waals surface area contributed by atoms with Gasteiger partial charge in [-0.1, -0.05) is 42.5 Å². The number of nitrogens with zero attached hydrogens (tertiary/aromatic N) is 4. The first-order chi connectivity index (χ1) is 14.6. The minimum atomic E-state index is -1.24. The Hall–Kier alpha value is -2.77. The molecule has 1 saturated heterocycles. The zero-order valence-corrected chi connectivity index (χ0v) is 17.9. The predicted molar refractivity (Wildman–Crippen MR) is 122 cm³/mol. The molecule has 30 heavy (non-hydrogen) atoms. The summed E-state index contributed by atoms with van der Waals surface area (Å²) in [6, 6.07) is 16.6. The molecule has 2 aromatic carbocycles. The normalized spacial score (nSPS) is 15.9. The van der Waals surface area contributed by atoms with E-state index in [4.69, 9.17) is 5.73 Å². The molecule has 5 rings (SSSR count). The molecule has 0 spiro atoms. The second kappa shape index (κ2) is 7.81. The molecule has 1 atom stereocenters. The summed E-state index contributed by atoms with van der Waals surface area (Å²) in [5.74, 6) is 0.370. The highest BCUT2D eigenvalue weighted by Crippen LogP contribution is 2.30. The Morgan fingerprint density at radius 1 is 0.967 bits per heavy atom. The smallest absolute Gasteiger partial charge is 0.200 e. The first-order valence-corrected chi connectivity index (χ1v) is 11.8. The van der Waals surface area contributed by atoms with Gasteiger partial charge in [-0.25, -0.2) is 9.97 Å². The lowest BCUT2D eigenvalue weighted by Gasteiger charge is -2.15. The molecule has 2 N–H and O–H groups in total. The first kappa shape index (κ1) is 19.2. The van der Waals surface area contributed by atoms with Crippen molar-refractivity contribution in [2.45, 2.75) is 31.1 Å². The highest BCUT2D eigenvalue weighted by atomic mass is 32.2. The predicted octanol–water partition coefficient (Wildman–Crippen LogP) is 3.55. The number of para-hydroxylation sites is 1. The maximum absolute atomic E-state index is 12.5. The second-order valence-corrected chi connectivity index (χ2v) is 9.22. The maximum atomic E-state index is 12.5. The number of nitrogen functional groups attached to an aromatic ring is 1. The molecule has 6 nitrogen and oxygen atoms in total. The van der Waals surface area contributed by atoms with Crippen LogP contribution in [0.1, 0.15) is 24.0 Å². The number of hydrogen-bond donors (Lipinski definition) is 1. The van der Waals surface area contributed by atoms with Gasteiger partial charge >= 0.3 is 0 Å². The number of fused-ring (bicyclic) bond motifs is 3. The van der Waals surface area contributed by atoms with Gasteiger partial charge in [0.15, 0.2) is 11.0 Å². The van der Waals surface area contributed by atoms with Gasteiger partial charge in [-0.15, -0.1) is 0 Å². The van der Waals surface area contributed by atoms with Crippen LogP contribution in [0, 0.1) is 0 Å². The van der Waals surface area contributed by atoms with E-state index in [-0.39, 0.29) is 0 Å². The monoisotopic (exact) mass is 419 g/mol. The summed E-state index contributed by atoms with van der Waals surface area (Å²) < 4.78 is 14.5. The van der Waals surface area contributed by atoms with Crippen molar-refractivity contribution in [2.24, 2.45) is 0 Å². The van der Waals surface area contributed by atoms with E-state index in [2.05, 4.69) is 39.1 Å². The van der Waals surface area contributed by atoms with E-state index in [1.54, 1.807) is 6.26 Å². The van der Waals surface area contributed by atoms with Gasteiger partial charge in [0.1, 0.15) is 5.52 Å². The Bertz CT molecular complexity index is 1240. The van der Waals surface area contributed by atoms with Crippen LogP contribution in [0.25, 0.3) is 21.9 Å². The number of anilines is 1. The largest absolute Gasteiger partial charge is 0.382 e. The second-order valence-electron chi connectivity index (χ2n) is 7.95. The van der Waals surface area contributed by atoms with Crippen LogP contribution in [0.5, 0.6) is 0 Å². The molecule has 1 aliphatic rings. The number of nitrogens with two attached hydrogens (primary N) is 1. The maximum Gasteiger partial charge on any atom is 0.200 e. The number of likely N-dealkylation sites (tertiary alicyclic amines) is 1. The average Bonchev–Trinajstić information content (AvgIpc) is 3.38. The van der Waals surface area contributed by atoms with Crippen LogP contribution in [0.2, 0.25) is 0 Å². The summed E-state index contributed by atoms with van der Waals surface area (Å²) in [5.41, 5.74) is 11.0. The van der Waals surface area contributed by atoms with Crippen molar-refractivity contribution in [2.75, 3.05) is 25.1 Å². The third-order valence-corrected chi connectivity index (χ3v) is 6.63. The molecule has 1 unspecified atom stereocenters. The van der Waals surface area contributed by atoms with Gasteiger partial charge in [-0.2, -0.15) is 0 Å². The van der Waals surface area contributed by atoms with Crippen LogP contribution in [-0.2, 0) is 23.9 Å². The molecule has 0 aliphatic carbocycles. The standard InChI is InChI=1S/C23H25N5OS/c1-30(29)23-26-20-21(18-6-2-3-7-19(18)25-22(20)24)28(23)15-17-10-8-16(9-11-17)14-27-12-4-5-13-27/h2-3,6-11H,4-5,12-15H2,1H3,(H2,24,25). The van der Waals surface area contributed by atoms with Crippen molar-refractivity contribution in [1.82, 2.24) is 19.4 Å². The van der Waals surface area contributed by atoms with Crippen LogP contribution >= 0.6 is 0 Å². The number of pyridine rings is 1. The van der Waals surface area contributed by atoms with E-state index in [1.165, 1.54) is 31.5 Å². The Kier molecular flexibility index (Phi) is 5.00. The van der Waals surface area contributed by atoms with Crippen molar-refractivity contribution in [1.29, 1.82) is 0 Å². The molecule has 7 heteroatoms. The zero-order valence-electron chi connectivity index (χ0n) is 17.0. The van der Waals surface area contributed by atoms with Gasteiger partial charge in [0.25, 0.3) is 0 Å². The van der Waals surface area contributed by atoms with Crippen LogP contribution in [-0.4, -0.2) is 43.0 Å². The molecule has 1 fully saturated rings. The van der Waals surface area contributed by atoms with Crippen molar-refractivity contribution in [3.8, 4) is 0 Å². The van der Waals surface area contributed by atoms with Gasteiger partial charge in [0.05, 0.1) is 28.4 Å². The summed E-state index contributed by atoms with van der Waals surface area (Å²) in [5, 5.41) is 1.49. The quantitative estimate of drug-likeness (QED) is 0.535. The molecule has 0 radical (unpaired) electrons. The van der Waals surface area contributed by atoms with Gasteiger partial charge in [0.2, 0.25) is 0 Å². The third kappa shape index (κ3) is 3.48. The van der Waals surface area contributed by atoms with Crippen LogP contribution < -0.4 is 5.73 Å². The van der Waals surface area contributed by atoms with E-state index in [0.717, 1.165) is 28.5 Å². The number of imidazole rings is 1. The topological polar surface area (TPSA) is 77.0 Å².